The Morgan fingerprint density at radius 2 is 1.33 bits per heavy atom. The minimum Gasteiger partial charge on any atom is -0.497 e. The first kappa shape index (κ1) is 35.5. The first-order valence-corrected chi connectivity index (χ1v) is 17.9. The molecule has 0 fully saturated rings. The van der Waals surface area contributed by atoms with Gasteiger partial charge in [0.15, 0.2) is 5.58 Å². The van der Waals surface area contributed by atoms with Crippen LogP contribution in [0.3, 0.4) is 0 Å². The van der Waals surface area contributed by atoms with Gasteiger partial charge in [0.05, 0.1) is 7.11 Å². The number of benzene rings is 6. The Balaban J connectivity index is 1.05. The number of fused-ring (bicyclic) bond motifs is 1. The molecular formula is C44H34N4O5S. The van der Waals surface area contributed by atoms with E-state index >= 15 is 0 Å². The lowest BCUT2D eigenvalue weighted by Crippen LogP contribution is -2.30. The van der Waals surface area contributed by atoms with E-state index in [1.54, 1.807) is 73.8 Å². The number of methoxy groups -OCH3 is 1. The predicted molar refractivity (Wildman–Crippen MR) is 213 cm³/mol. The van der Waals surface area contributed by atoms with Crippen LogP contribution in [0.2, 0.25) is 0 Å². The number of anilines is 2. The molecule has 7 aromatic rings. The average Bonchev–Trinajstić information content (AvgIpc) is 3.66. The van der Waals surface area contributed by atoms with Gasteiger partial charge in [-0.05, 0) is 102 Å². The van der Waals surface area contributed by atoms with Crippen LogP contribution in [0.5, 0.6) is 5.75 Å². The first-order valence-electron chi connectivity index (χ1n) is 17.0. The Kier molecular flexibility index (Phi) is 10.9. The molecule has 0 saturated heterocycles. The molecule has 1 unspecified atom stereocenters. The van der Waals surface area contributed by atoms with E-state index in [0.717, 1.165) is 21.5 Å². The lowest BCUT2D eigenvalue weighted by atomic mass is 10.1. The molecule has 3 amide bonds. The summed E-state index contributed by atoms with van der Waals surface area (Å²) in [6, 6.07) is 47.5. The van der Waals surface area contributed by atoms with Crippen molar-refractivity contribution in [3.05, 3.63) is 180 Å². The van der Waals surface area contributed by atoms with Crippen molar-refractivity contribution in [2.75, 3.05) is 17.7 Å². The van der Waals surface area contributed by atoms with E-state index in [-0.39, 0.29) is 11.6 Å². The van der Waals surface area contributed by atoms with Crippen LogP contribution in [0.4, 0.5) is 11.4 Å². The number of nitrogens with one attached hydrogen (secondary N) is 3. The normalized spacial score (nSPS) is 11.8. The topological polar surface area (TPSA) is 123 Å². The summed E-state index contributed by atoms with van der Waals surface area (Å²) in [4.78, 5) is 45.8. The van der Waals surface area contributed by atoms with Crippen molar-refractivity contribution in [1.29, 1.82) is 0 Å². The summed E-state index contributed by atoms with van der Waals surface area (Å²) < 4.78 is 11.1. The molecule has 0 radical (unpaired) electrons. The maximum atomic E-state index is 13.8. The van der Waals surface area contributed by atoms with E-state index in [1.165, 1.54) is 11.8 Å². The molecule has 0 aliphatic rings. The summed E-state index contributed by atoms with van der Waals surface area (Å²) in [5, 5.41) is 8.12. The fraction of sp³-hybridized carbons (Fsp3) is 0.0455. The first-order chi connectivity index (χ1) is 26.4. The Labute approximate surface area is 316 Å². The summed E-state index contributed by atoms with van der Waals surface area (Å²) in [5.41, 5.74) is 5.46. The van der Waals surface area contributed by atoms with Crippen molar-refractivity contribution in [2.24, 2.45) is 0 Å². The maximum absolute atomic E-state index is 13.8. The van der Waals surface area contributed by atoms with Crippen LogP contribution in [-0.2, 0) is 9.59 Å². The number of carbonyl (C=O) groups is 3. The van der Waals surface area contributed by atoms with Gasteiger partial charge in [0.2, 0.25) is 11.8 Å². The molecule has 0 aliphatic carbocycles. The third-order valence-corrected chi connectivity index (χ3v) is 9.62. The molecule has 266 valence electrons. The zero-order valence-electron chi connectivity index (χ0n) is 29.1. The second kappa shape index (κ2) is 16.6. The Bertz CT molecular complexity index is 2380. The lowest BCUT2D eigenvalue weighted by Gasteiger charge is -2.18. The highest BCUT2D eigenvalue weighted by molar-refractivity contribution is 8.00. The minimum atomic E-state index is -0.574. The molecule has 0 spiro atoms. The lowest BCUT2D eigenvalue weighted by molar-refractivity contribution is -0.116. The number of amides is 3. The molecule has 7 rings (SSSR count). The van der Waals surface area contributed by atoms with Gasteiger partial charge >= 0.3 is 0 Å². The molecular weight excluding hydrogens is 697 g/mol. The third-order valence-electron chi connectivity index (χ3n) is 8.36. The van der Waals surface area contributed by atoms with Gasteiger partial charge in [-0.15, -0.1) is 11.8 Å². The quantitative estimate of drug-likeness (QED) is 0.0846. The van der Waals surface area contributed by atoms with Crippen LogP contribution in [0.25, 0.3) is 28.6 Å². The largest absolute Gasteiger partial charge is 0.497 e. The second-order valence-corrected chi connectivity index (χ2v) is 13.3. The Morgan fingerprint density at radius 3 is 2.02 bits per heavy atom. The van der Waals surface area contributed by atoms with Crippen molar-refractivity contribution in [3.63, 3.8) is 0 Å². The number of hydrogen-bond acceptors (Lipinski definition) is 7. The molecule has 0 aliphatic heterocycles. The highest BCUT2D eigenvalue weighted by atomic mass is 32.2. The Morgan fingerprint density at radius 1 is 0.704 bits per heavy atom. The zero-order chi connectivity index (χ0) is 37.3. The molecule has 1 heterocycles. The van der Waals surface area contributed by atoms with E-state index in [1.807, 2.05) is 97.1 Å². The van der Waals surface area contributed by atoms with Crippen LogP contribution in [0, 0.1) is 0 Å². The number of aromatic nitrogens is 1. The van der Waals surface area contributed by atoms with E-state index < -0.39 is 17.1 Å². The van der Waals surface area contributed by atoms with Crippen LogP contribution < -0.4 is 20.7 Å². The standard InChI is InChI=1S/C44H34N4O5S/c1-52-35-24-16-29(17-25-35)28-38(47-41(49)31-12-6-3-7-13-31)42(50)45-34-22-26-36(27-23-34)54-40(30-10-4-2-5-11-30)43(51)46-33-20-18-32(19-21-33)44-48-37-14-8-9-15-39(37)53-44/h2-28,40H,1H3,(H,45,50)(H,46,51)(H,47,49)/b38-28-. The smallest absolute Gasteiger partial charge is 0.272 e. The van der Waals surface area contributed by atoms with Crippen molar-refractivity contribution >= 4 is 58.0 Å². The summed E-state index contributed by atoms with van der Waals surface area (Å²) in [7, 11) is 1.58. The maximum Gasteiger partial charge on any atom is 0.272 e. The molecule has 6 aromatic carbocycles. The molecule has 10 heteroatoms. The van der Waals surface area contributed by atoms with Gasteiger partial charge in [-0.25, -0.2) is 4.98 Å². The van der Waals surface area contributed by atoms with E-state index in [4.69, 9.17) is 9.15 Å². The number of carbonyl (C=O) groups excluding carboxylic acids is 3. The summed E-state index contributed by atoms with van der Waals surface area (Å²) in [6.45, 7) is 0. The van der Waals surface area contributed by atoms with Gasteiger partial charge in [-0.3, -0.25) is 14.4 Å². The number of nitrogens with zero attached hydrogens (tertiary/aromatic N) is 1. The number of hydrogen-bond donors (Lipinski definition) is 3. The highest BCUT2D eigenvalue weighted by Crippen LogP contribution is 2.37. The van der Waals surface area contributed by atoms with E-state index in [9.17, 15) is 14.4 Å². The van der Waals surface area contributed by atoms with Crippen molar-refractivity contribution in [1.82, 2.24) is 10.3 Å². The molecule has 0 bridgehead atoms. The fourth-order valence-corrected chi connectivity index (χ4v) is 6.59. The predicted octanol–water partition coefficient (Wildman–Crippen LogP) is 9.39. The van der Waals surface area contributed by atoms with E-state index in [0.29, 0.717) is 39.7 Å². The fourth-order valence-electron chi connectivity index (χ4n) is 5.56. The van der Waals surface area contributed by atoms with Crippen LogP contribution in [0.1, 0.15) is 26.7 Å². The number of thioether (sulfide) groups is 1. The number of oxazole rings is 1. The van der Waals surface area contributed by atoms with Gasteiger partial charge < -0.3 is 25.1 Å². The van der Waals surface area contributed by atoms with Gasteiger partial charge in [-0.2, -0.15) is 0 Å². The summed E-state index contributed by atoms with van der Waals surface area (Å²) >= 11 is 1.39. The Hall–Kier alpha value is -6.91. The third kappa shape index (κ3) is 8.75. The van der Waals surface area contributed by atoms with Crippen molar-refractivity contribution in [3.8, 4) is 17.2 Å². The SMILES string of the molecule is COc1ccc(/C=C(\NC(=O)c2ccccc2)C(=O)Nc2ccc(SC(C(=O)Nc3ccc(-c4nc5ccccc5o4)cc3)c3ccccc3)cc2)cc1. The number of rotatable bonds is 12. The van der Waals surface area contributed by atoms with Gasteiger partial charge in [0.1, 0.15) is 22.2 Å². The molecule has 3 N–H and O–H groups in total. The average molecular weight is 731 g/mol. The molecule has 1 atom stereocenters. The zero-order valence-corrected chi connectivity index (χ0v) is 29.9. The molecule has 0 saturated carbocycles. The summed E-state index contributed by atoms with van der Waals surface area (Å²) in [6.07, 6.45) is 1.60. The molecule has 9 nitrogen and oxygen atoms in total. The van der Waals surface area contributed by atoms with Crippen molar-refractivity contribution < 1.29 is 23.5 Å². The van der Waals surface area contributed by atoms with Crippen LogP contribution in [-0.4, -0.2) is 29.8 Å². The van der Waals surface area contributed by atoms with Gasteiger partial charge in [-0.1, -0.05) is 72.8 Å². The molecule has 1 aromatic heterocycles. The van der Waals surface area contributed by atoms with Crippen LogP contribution in [0.15, 0.2) is 173 Å². The summed E-state index contributed by atoms with van der Waals surface area (Å²) in [5.74, 6) is 0.0669. The van der Waals surface area contributed by atoms with Crippen molar-refractivity contribution in [2.45, 2.75) is 10.1 Å². The monoisotopic (exact) mass is 730 g/mol. The van der Waals surface area contributed by atoms with Crippen LogP contribution >= 0.6 is 11.8 Å². The van der Waals surface area contributed by atoms with Gasteiger partial charge in [0, 0.05) is 27.4 Å². The van der Waals surface area contributed by atoms with Gasteiger partial charge in [0.25, 0.3) is 11.8 Å². The highest BCUT2D eigenvalue weighted by Gasteiger charge is 2.23. The van der Waals surface area contributed by atoms with E-state index in [2.05, 4.69) is 20.9 Å². The number of ether oxygens (including phenoxy) is 1. The number of para-hydroxylation sites is 2. The molecule has 54 heavy (non-hydrogen) atoms. The second-order valence-electron chi connectivity index (χ2n) is 12.1. The minimum absolute atomic E-state index is 0.0650.